The summed E-state index contributed by atoms with van der Waals surface area (Å²) in [4.78, 5) is 21.9. The van der Waals surface area contributed by atoms with Crippen LogP contribution in [0.4, 0.5) is 5.69 Å². The zero-order valence-corrected chi connectivity index (χ0v) is 11.1. The standard InChI is InChI=1S/C12H17N3O4/c1-8(7-13-2)19-11-6-9(12(16)14-3)4-5-10(11)15(17)18/h4-6,8,13H,7H2,1-3H3,(H,14,16). The first-order valence-corrected chi connectivity index (χ1v) is 5.81. The molecule has 7 heteroatoms. The molecule has 0 fully saturated rings. The molecule has 1 atom stereocenters. The minimum absolute atomic E-state index is 0.0915. The molecule has 0 radical (unpaired) electrons. The van der Waals surface area contributed by atoms with Gasteiger partial charge in [0.1, 0.15) is 6.10 Å². The molecule has 1 amide bonds. The van der Waals surface area contributed by atoms with Gasteiger partial charge >= 0.3 is 5.69 Å². The molecule has 0 aliphatic rings. The van der Waals surface area contributed by atoms with Gasteiger partial charge < -0.3 is 15.4 Å². The van der Waals surface area contributed by atoms with Gasteiger partial charge in [0.25, 0.3) is 5.91 Å². The molecule has 1 aromatic carbocycles. The molecule has 0 saturated heterocycles. The minimum atomic E-state index is -0.533. The molecule has 0 aliphatic heterocycles. The number of carbonyl (C=O) groups excluding carboxylic acids is 1. The van der Waals surface area contributed by atoms with Crippen LogP contribution in [0.25, 0.3) is 0 Å². The lowest BCUT2D eigenvalue weighted by atomic mass is 10.1. The van der Waals surface area contributed by atoms with Gasteiger partial charge in [0.2, 0.25) is 0 Å². The highest BCUT2D eigenvalue weighted by Gasteiger charge is 2.19. The molecule has 0 bridgehead atoms. The third-order valence-corrected chi connectivity index (χ3v) is 2.47. The van der Waals surface area contributed by atoms with Crippen molar-refractivity contribution in [3.05, 3.63) is 33.9 Å². The summed E-state index contributed by atoms with van der Waals surface area (Å²) in [7, 11) is 3.25. The summed E-state index contributed by atoms with van der Waals surface area (Å²) in [5, 5.41) is 16.3. The van der Waals surface area contributed by atoms with E-state index in [2.05, 4.69) is 10.6 Å². The van der Waals surface area contributed by atoms with Gasteiger partial charge in [-0.2, -0.15) is 0 Å². The number of benzene rings is 1. The molecule has 1 unspecified atom stereocenters. The van der Waals surface area contributed by atoms with Gasteiger partial charge in [-0.25, -0.2) is 0 Å². The topological polar surface area (TPSA) is 93.5 Å². The number of nitrogens with one attached hydrogen (secondary N) is 2. The van der Waals surface area contributed by atoms with Crippen LogP contribution in [0.3, 0.4) is 0 Å². The predicted octanol–water partition coefficient (Wildman–Crippen LogP) is 0.941. The van der Waals surface area contributed by atoms with E-state index < -0.39 is 4.92 Å². The molecule has 0 aliphatic carbocycles. The lowest BCUT2D eigenvalue weighted by Crippen LogP contribution is -2.26. The van der Waals surface area contributed by atoms with Crippen molar-refractivity contribution in [3.63, 3.8) is 0 Å². The van der Waals surface area contributed by atoms with E-state index in [-0.39, 0.29) is 23.4 Å². The highest BCUT2D eigenvalue weighted by molar-refractivity contribution is 5.94. The van der Waals surface area contributed by atoms with E-state index in [4.69, 9.17) is 4.74 Å². The fourth-order valence-electron chi connectivity index (χ4n) is 1.59. The molecule has 104 valence electrons. The quantitative estimate of drug-likeness (QED) is 0.591. The molecule has 0 heterocycles. The molecule has 7 nitrogen and oxygen atoms in total. The van der Waals surface area contributed by atoms with Crippen molar-refractivity contribution in [3.8, 4) is 5.75 Å². The Morgan fingerprint density at radius 2 is 2.16 bits per heavy atom. The average molecular weight is 267 g/mol. The normalized spacial score (nSPS) is 11.7. The average Bonchev–Trinajstić information content (AvgIpc) is 2.37. The van der Waals surface area contributed by atoms with Crippen molar-refractivity contribution in [2.24, 2.45) is 0 Å². The molecule has 19 heavy (non-hydrogen) atoms. The highest BCUT2D eigenvalue weighted by Crippen LogP contribution is 2.28. The number of nitrogens with zero attached hydrogens (tertiary/aromatic N) is 1. The van der Waals surface area contributed by atoms with Crippen LogP contribution < -0.4 is 15.4 Å². The van der Waals surface area contributed by atoms with Crippen LogP contribution in [0.5, 0.6) is 5.75 Å². The second-order valence-corrected chi connectivity index (χ2v) is 4.00. The Kier molecular flexibility index (Phi) is 5.25. The summed E-state index contributed by atoms with van der Waals surface area (Å²) in [6.07, 6.45) is -0.247. The zero-order chi connectivity index (χ0) is 14.4. The highest BCUT2D eigenvalue weighted by atomic mass is 16.6. The summed E-state index contributed by atoms with van der Waals surface area (Å²) in [5.74, 6) is -0.227. The molecular weight excluding hydrogens is 250 g/mol. The number of rotatable bonds is 6. The second-order valence-electron chi connectivity index (χ2n) is 4.00. The monoisotopic (exact) mass is 267 g/mol. The van der Waals surface area contributed by atoms with Crippen molar-refractivity contribution < 1.29 is 14.5 Å². The Bertz CT molecular complexity index is 476. The van der Waals surface area contributed by atoms with Crippen LogP contribution in [0.2, 0.25) is 0 Å². The van der Waals surface area contributed by atoms with E-state index in [0.717, 1.165) is 0 Å². The molecule has 0 saturated carbocycles. The first kappa shape index (κ1) is 14.9. The summed E-state index contributed by atoms with van der Waals surface area (Å²) in [6, 6.07) is 4.04. The van der Waals surface area contributed by atoms with E-state index in [1.165, 1.54) is 25.2 Å². The van der Waals surface area contributed by atoms with E-state index in [9.17, 15) is 14.9 Å². The van der Waals surface area contributed by atoms with Gasteiger partial charge in [-0.15, -0.1) is 0 Å². The smallest absolute Gasteiger partial charge is 0.310 e. The maximum absolute atomic E-state index is 11.5. The Morgan fingerprint density at radius 1 is 1.47 bits per heavy atom. The lowest BCUT2D eigenvalue weighted by Gasteiger charge is -2.14. The van der Waals surface area contributed by atoms with Gasteiger partial charge in [0.15, 0.2) is 5.75 Å². The Morgan fingerprint density at radius 3 is 2.68 bits per heavy atom. The van der Waals surface area contributed by atoms with Crippen LogP contribution in [-0.2, 0) is 0 Å². The van der Waals surface area contributed by atoms with Crippen molar-refractivity contribution in [2.45, 2.75) is 13.0 Å². The maximum atomic E-state index is 11.5. The van der Waals surface area contributed by atoms with Crippen LogP contribution >= 0.6 is 0 Å². The maximum Gasteiger partial charge on any atom is 0.310 e. The van der Waals surface area contributed by atoms with Gasteiger partial charge in [-0.3, -0.25) is 14.9 Å². The lowest BCUT2D eigenvalue weighted by molar-refractivity contribution is -0.386. The van der Waals surface area contributed by atoms with Gasteiger partial charge in [-0.05, 0) is 20.0 Å². The third-order valence-electron chi connectivity index (χ3n) is 2.47. The molecule has 2 N–H and O–H groups in total. The first-order valence-electron chi connectivity index (χ1n) is 5.81. The largest absolute Gasteiger partial charge is 0.482 e. The number of ether oxygens (including phenoxy) is 1. The zero-order valence-electron chi connectivity index (χ0n) is 11.1. The summed E-state index contributed by atoms with van der Waals surface area (Å²) < 4.78 is 5.50. The Labute approximate surface area is 111 Å². The van der Waals surface area contributed by atoms with Crippen LogP contribution in [0, 0.1) is 10.1 Å². The van der Waals surface area contributed by atoms with Crippen LogP contribution in [-0.4, -0.2) is 37.6 Å². The van der Waals surface area contributed by atoms with Gasteiger partial charge in [0.05, 0.1) is 4.92 Å². The molecule has 0 aromatic heterocycles. The SMILES string of the molecule is CNCC(C)Oc1cc(C(=O)NC)ccc1[N+](=O)[O-]. The fourth-order valence-corrected chi connectivity index (χ4v) is 1.59. The van der Waals surface area contributed by atoms with Crippen molar-refractivity contribution in [2.75, 3.05) is 20.6 Å². The third kappa shape index (κ3) is 3.92. The Balaban J connectivity index is 3.08. The predicted molar refractivity (Wildman–Crippen MR) is 70.5 cm³/mol. The summed E-state index contributed by atoms with van der Waals surface area (Å²) in [6.45, 7) is 2.33. The molecular formula is C12H17N3O4. The van der Waals surface area contributed by atoms with E-state index in [1.807, 2.05) is 0 Å². The summed E-state index contributed by atoms with van der Waals surface area (Å²) >= 11 is 0. The van der Waals surface area contributed by atoms with Gasteiger partial charge in [-0.1, -0.05) is 0 Å². The Hall–Kier alpha value is -2.15. The van der Waals surface area contributed by atoms with Crippen LogP contribution in [0.1, 0.15) is 17.3 Å². The summed E-state index contributed by atoms with van der Waals surface area (Å²) in [5.41, 5.74) is 0.162. The molecule has 0 spiro atoms. The fraction of sp³-hybridized carbons (Fsp3) is 0.417. The number of hydrogen-bond donors (Lipinski definition) is 2. The second kappa shape index (κ2) is 6.69. The van der Waals surface area contributed by atoms with Crippen molar-refractivity contribution >= 4 is 11.6 Å². The number of hydrogen-bond acceptors (Lipinski definition) is 5. The first-order chi connectivity index (χ1) is 8.99. The number of amides is 1. The minimum Gasteiger partial charge on any atom is -0.482 e. The number of carbonyl (C=O) groups is 1. The van der Waals surface area contributed by atoms with Crippen molar-refractivity contribution in [1.82, 2.24) is 10.6 Å². The number of likely N-dealkylation sites (N-methyl/N-ethyl adjacent to an activating group) is 1. The van der Waals surface area contributed by atoms with E-state index in [1.54, 1.807) is 14.0 Å². The molecule has 1 aromatic rings. The molecule has 1 rings (SSSR count). The van der Waals surface area contributed by atoms with Gasteiger partial charge in [0, 0.05) is 31.3 Å². The van der Waals surface area contributed by atoms with E-state index >= 15 is 0 Å². The number of nitro groups is 1. The number of nitro benzene ring substituents is 1. The van der Waals surface area contributed by atoms with Crippen LogP contribution in [0.15, 0.2) is 18.2 Å². The van der Waals surface area contributed by atoms with E-state index in [0.29, 0.717) is 12.1 Å². The van der Waals surface area contributed by atoms with Crippen molar-refractivity contribution in [1.29, 1.82) is 0 Å².